The van der Waals surface area contributed by atoms with E-state index in [1.54, 1.807) is 0 Å². The molecule has 0 heterocycles. The summed E-state index contributed by atoms with van der Waals surface area (Å²) in [7, 11) is 1.85. The Bertz CT molecular complexity index is 241. The molecular weight excluding hydrogens is 134 g/mol. The molecule has 0 bridgehead atoms. The van der Waals surface area contributed by atoms with Crippen LogP contribution in [0, 0.1) is 13.8 Å². The van der Waals surface area contributed by atoms with Crippen LogP contribution in [-0.4, -0.2) is 7.05 Å². The first-order valence-electron chi connectivity index (χ1n) is 3.86. The molecule has 1 aromatic rings. The van der Waals surface area contributed by atoms with Crippen LogP contribution in [0.25, 0.3) is 5.32 Å². The molecule has 0 radical (unpaired) electrons. The number of benzene rings is 1. The van der Waals surface area contributed by atoms with Gasteiger partial charge in [0.15, 0.2) is 0 Å². The van der Waals surface area contributed by atoms with E-state index in [1.165, 1.54) is 16.7 Å². The SMILES string of the molecule is C[N-]Cc1cc(C)ccc1C. The van der Waals surface area contributed by atoms with Gasteiger partial charge in [-0.1, -0.05) is 29.3 Å². The molecule has 0 atom stereocenters. The highest BCUT2D eigenvalue weighted by Crippen LogP contribution is 2.12. The Morgan fingerprint density at radius 2 is 2.00 bits per heavy atom. The first kappa shape index (κ1) is 8.28. The molecular formula is C10H14N-. The number of aryl methyl sites for hydroxylation is 2. The second-order valence-corrected chi connectivity index (χ2v) is 2.90. The van der Waals surface area contributed by atoms with Crippen LogP contribution in [-0.2, 0) is 6.54 Å². The van der Waals surface area contributed by atoms with Crippen LogP contribution in [0.4, 0.5) is 0 Å². The van der Waals surface area contributed by atoms with Gasteiger partial charge in [-0.3, -0.25) is 0 Å². The van der Waals surface area contributed by atoms with E-state index in [4.69, 9.17) is 0 Å². The molecule has 0 aromatic heterocycles. The van der Waals surface area contributed by atoms with Crippen LogP contribution in [0.15, 0.2) is 18.2 Å². The molecule has 0 amide bonds. The fourth-order valence-corrected chi connectivity index (χ4v) is 1.14. The van der Waals surface area contributed by atoms with E-state index in [9.17, 15) is 0 Å². The Morgan fingerprint density at radius 3 is 2.64 bits per heavy atom. The Kier molecular flexibility index (Phi) is 2.66. The third-order valence-electron chi connectivity index (χ3n) is 1.83. The van der Waals surface area contributed by atoms with Crippen molar-refractivity contribution in [1.29, 1.82) is 0 Å². The molecule has 60 valence electrons. The number of rotatable bonds is 2. The van der Waals surface area contributed by atoms with Gasteiger partial charge >= 0.3 is 0 Å². The average molecular weight is 148 g/mol. The molecule has 11 heavy (non-hydrogen) atoms. The zero-order valence-corrected chi connectivity index (χ0v) is 7.39. The van der Waals surface area contributed by atoms with Gasteiger partial charge < -0.3 is 5.32 Å². The van der Waals surface area contributed by atoms with Crippen molar-refractivity contribution in [1.82, 2.24) is 0 Å². The largest absolute Gasteiger partial charge is 0.661 e. The molecule has 0 unspecified atom stereocenters. The highest BCUT2D eigenvalue weighted by molar-refractivity contribution is 5.31. The summed E-state index contributed by atoms with van der Waals surface area (Å²) in [6, 6.07) is 6.48. The van der Waals surface area contributed by atoms with E-state index in [0.29, 0.717) is 0 Å². The van der Waals surface area contributed by atoms with E-state index in [2.05, 4.69) is 37.4 Å². The minimum atomic E-state index is 0.841. The monoisotopic (exact) mass is 148 g/mol. The van der Waals surface area contributed by atoms with Crippen molar-refractivity contribution in [3.63, 3.8) is 0 Å². The van der Waals surface area contributed by atoms with Crippen LogP contribution in [0.2, 0.25) is 0 Å². The third kappa shape index (κ3) is 2.05. The van der Waals surface area contributed by atoms with Crippen LogP contribution in [0.3, 0.4) is 0 Å². The number of nitrogens with zero attached hydrogens (tertiary/aromatic N) is 1. The third-order valence-corrected chi connectivity index (χ3v) is 1.83. The van der Waals surface area contributed by atoms with E-state index >= 15 is 0 Å². The summed E-state index contributed by atoms with van der Waals surface area (Å²) >= 11 is 0. The zero-order chi connectivity index (χ0) is 8.27. The molecule has 0 saturated carbocycles. The second-order valence-electron chi connectivity index (χ2n) is 2.90. The maximum absolute atomic E-state index is 4.11. The number of hydrogen-bond donors (Lipinski definition) is 0. The lowest BCUT2D eigenvalue weighted by molar-refractivity contribution is 1.14. The second kappa shape index (κ2) is 3.54. The fourth-order valence-electron chi connectivity index (χ4n) is 1.14. The molecule has 1 heteroatoms. The van der Waals surface area contributed by atoms with Gasteiger partial charge in [-0.15, -0.1) is 6.54 Å². The highest BCUT2D eigenvalue weighted by atomic mass is 14.8. The fraction of sp³-hybridized carbons (Fsp3) is 0.400. The minimum absolute atomic E-state index is 0.841. The summed E-state index contributed by atoms with van der Waals surface area (Å²) in [5.74, 6) is 0. The Morgan fingerprint density at radius 1 is 1.27 bits per heavy atom. The van der Waals surface area contributed by atoms with Gasteiger partial charge in [-0.25, -0.2) is 0 Å². The molecule has 1 rings (SSSR count). The standard InChI is InChI=1S/C10H14N/c1-8-4-5-9(2)10(6-8)7-11-3/h4-6H,7H2,1-3H3/q-1. The van der Waals surface area contributed by atoms with Crippen molar-refractivity contribution >= 4 is 0 Å². The van der Waals surface area contributed by atoms with Gasteiger partial charge in [0.25, 0.3) is 0 Å². The molecule has 0 N–H and O–H groups in total. The lowest BCUT2D eigenvalue weighted by atomic mass is 10.1. The first-order chi connectivity index (χ1) is 5.24. The molecule has 0 aliphatic carbocycles. The summed E-state index contributed by atoms with van der Waals surface area (Å²) < 4.78 is 0. The molecule has 0 aliphatic rings. The molecule has 1 nitrogen and oxygen atoms in total. The van der Waals surface area contributed by atoms with E-state index in [1.807, 2.05) is 7.05 Å². The zero-order valence-electron chi connectivity index (χ0n) is 7.39. The van der Waals surface area contributed by atoms with Gasteiger partial charge in [0, 0.05) is 0 Å². The van der Waals surface area contributed by atoms with Gasteiger partial charge in [-0.05, 0) is 19.4 Å². The van der Waals surface area contributed by atoms with Gasteiger partial charge in [-0.2, -0.15) is 7.05 Å². The van der Waals surface area contributed by atoms with Gasteiger partial charge in [0.05, 0.1) is 0 Å². The van der Waals surface area contributed by atoms with Crippen LogP contribution in [0.1, 0.15) is 16.7 Å². The van der Waals surface area contributed by atoms with Crippen molar-refractivity contribution < 1.29 is 0 Å². The summed E-state index contributed by atoms with van der Waals surface area (Å²) in [6.07, 6.45) is 0. The van der Waals surface area contributed by atoms with Crippen LogP contribution < -0.4 is 0 Å². The molecule has 0 saturated heterocycles. The maximum atomic E-state index is 4.11. The summed E-state index contributed by atoms with van der Waals surface area (Å²) in [4.78, 5) is 0. The summed E-state index contributed by atoms with van der Waals surface area (Å²) in [5, 5.41) is 4.11. The van der Waals surface area contributed by atoms with Crippen molar-refractivity contribution in [2.75, 3.05) is 7.05 Å². The maximum Gasteiger partial charge on any atom is -0.0396 e. The number of hydrogen-bond acceptors (Lipinski definition) is 0. The lowest BCUT2D eigenvalue weighted by Crippen LogP contribution is -1.88. The summed E-state index contributed by atoms with van der Waals surface area (Å²) in [5.41, 5.74) is 3.99. The Balaban J connectivity index is 2.93. The molecule has 1 aromatic carbocycles. The van der Waals surface area contributed by atoms with Crippen LogP contribution in [0.5, 0.6) is 0 Å². The average Bonchev–Trinajstić information content (AvgIpc) is 1.98. The van der Waals surface area contributed by atoms with Crippen molar-refractivity contribution in [2.24, 2.45) is 0 Å². The normalized spacial score (nSPS) is 10.1. The van der Waals surface area contributed by atoms with Gasteiger partial charge in [0.1, 0.15) is 0 Å². The van der Waals surface area contributed by atoms with E-state index in [0.717, 1.165) is 6.54 Å². The van der Waals surface area contributed by atoms with E-state index in [-0.39, 0.29) is 0 Å². The first-order valence-corrected chi connectivity index (χ1v) is 3.86. The quantitative estimate of drug-likeness (QED) is 0.612. The van der Waals surface area contributed by atoms with Crippen molar-refractivity contribution in [3.8, 4) is 0 Å². The minimum Gasteiger partial charge on any atom is -0.661 e. The topological polar surface area (TPSA) is 14.1 Å². The highest BCUT2D eigenvalue weighted by Gasteiger charge is 1.91. The predicted molar refractivity (Wildman–Crippen MR) is 48.9 cm³/mol. The molecule has 0 aliphatic heterocycles. The Hall–Kier alpha value is -0.820. The van der Waals surface area contributed by atoms with Crippen LogP contribution >= 0.6 is 0 Å². The van der Waals surface area contributed by atoms with Gasteiger partial charge in [0.2, 0.25) is 0 Å². The van der Waals surface area contributed by atoms with Crippen molar-refractivity contribution in [3.05, 3.63) is 40.2 Å². The molecule has 0 fully saturated rings. The van der Waals surface area contributed by atoms with Crippen molar-refractivity contribution in [2.45, 2.75) is 20.4 Å². The summed E-state index contributed by atoms with van der Waals surface area (Å²) in [6.45, 7) is 5.08. The lowest BCUT2D eigenvalue weighted by Gasteiger charge is -2.14. The van der Waals surface area contributed by atoms with E-state index < -0.39 is 0 Å². The smallest absolute Gasteiger partial charge is 0.0396 e. The Labute approximate surface area is 68.4 Å². The molecule has 0 spiro atoms. The predicted octanol–water partition coefficient (Wildman–Crippen LogP) is 2.81.